The Morgan fingerprint density at radius 1 is 1.42 bits per heavy atom. The van der Waals surface area contributed by atoms with Crippen LogP contribution in [0, 0.1) is 0 Å². The van der Waals surface area contributed by atoms with E-state index in [1.807, 2.05) is 0 Å². The Morgan fingerprint density at radius 2 is 2.21 bits per heavy atom. The lowest BCUT2D eigenvalue weighted by Gasteiger charge is -2.17. The van der Waals surface area contributed by atoms with E-state index in [0.717, 1.165) is 0 Å². The second-order valence-electron chi connectivity index (χ2n) is 4.42. The number of nitrogens with zero attached hydrogens (tertiary/aromatic N) is 2. The molecule has 0 unspecified atom stereocenters. The highest BCUT2D eigenvalue weighted by atomic mass is 16.6. The van der Waals surface area contributed by atoms with Gasteiger partial charge in [-0.1, -0.05) is 0 Å². The zero-order chi connectivity index (χ0) is 13.6. The predicted octanol–water partition coefficient (Wildman–Crippen LogP) is -1.66. The van der Waals surface area contributed by atoms with Crippen molar-refractivity contribution in [3.05, 3.63) is 28.9 Å². The zero-order valence-corrected chi connectivity index (χ0v) is 9.80. The minimum Gasteiger partial charge on any atom is -0.394 e. The number of hydrogen-bond donors (Lipinski definition) is 4. The topological polar surface area (TPSA) is 121 Å². The molecule has 0 aliphatic carbocycles. The van der Waals surface area contributed by atoms with Gasteiger partial charge >= 0.3 is 0 Å². The number of hydrogen-bond acceptors (Lipinski definition) is 6. The number of aromatic nitrogens is 3. The van der Waals surface area contributed by atoms with Gasteiger partial charge in [-0.25, -0.2) is 4.98 Å². The molecule has 0 radical (unpaired) electrons. The summed E-state index contributed by atoms with van der Waals surface area (Å²) in [6, 6.07) is 1.55. The van der Waals surface area contributed by atoms with Crippen LogP contribution in [0.3, 0.4) is 0 Å². The number of nitrogens with one attached hydrogen (secondary N) is 1. The fourth-order valence-corrected chi connectivity index (χ4v) is 2.30. The molecule has 1 fully saturated rings. The number of rotatable bonds is 2. The third-order valence-electron chi connectivity index (χ3n) is 3.31. The van der Waals surface area contributed by atoms with E-state index >= 15 is 0 Å². The van der Waals surface area contributed by atoms with Crippen molar-refractivity contribution in [2.45, 2.75) is 24.5 Å². The van der Waals surface area contributed by atoms with Crippen molar-refractivity contribution in [2.75, 3.05) is 6.61 Å². The predicted molar refractivity (Wildman–Crippen MR) is 63.4 cm³/mol. The smallest absolute Gasteiger partial charge is 0.260 e. The molecule has 4 N–H and O–H groups in total. The Kier molecular flexibility index (Phi) is 2.86. The van der Waals surface area contributed by atoms with Gasteiger partial charge in [0.05, 0.1) is 18.3 Å². The summed E-state index contributed by atoms with van der Waals surface area (Å²) >= 11 is 0. The first kappa shape index (κ1) is 12.3. The molecule has 19 heavy (non-hydrogen) atoms. The number of ether oxygens (including phenoxy) is 1. The third kappa shape index (κ3) is 1.77. The van der Waals surface area contributed by atoms with Gasteiger partial charge in [0.25, 0.3) is 5.56 Å². The van der Waals surface area contributed by atoms with Crippen LogP contribution in [0.2, 0.25) is 0 Å². The van der Waals surface area contributed by atoms with E-state index < -0.39 is 31.1 Å². The Morgan fingerprint density at radius 3 is 2.89 bits per heavy atom. The standard InChI is InChI=1S/C11H13N3O5/c15-3-6-7(16)8(17)11(19-6)14-2-1-5-9(14)12-4-13-10(5)18/h1-2,4,6-8,11,15-17H,3H2,(H,12,13,18)/t6-,7+,8-,11+/m0/s1. The molecule has 3 rings (SSSR count). The SMILES string of the molecule is O=c1[nH]cnc2c1ccn2[C@@H]1O[C@@H](CO)[C@@H](O)[C@@H]1O. The molecule has 102 valence electrons. The highest BCUT2D eigenvalue weighted by Crippen LogP contribution is 2.31. The molecule has 4 atom stereocenters. The molecule has 0 bridgehead atoms. The second-order valence-corrected chi connectivity index (χ2v) is 4.42. The van der Waals surface area contributed by atoms with Crippen LogP contribution in [0.1, 0.15) is 6.23 Å². The maximum atomic E-state index is 11.6. The number of aliphatic hydroxyl groups excluding tert-OH is 3. The Hall–Kier alpha value is -1.74. The minimum atomic E-state index is -1.20. The highest BCUT2D eigenvalue weighted by Gasteiger charge is 2.43. The molecule has 0 saturated carbocycles. The van der Waals surface area contributed by atoms with Gasteiger partial charge < -0.3 is 29.6 Å². The first-order valence-electron chi connectivity index (χ1n) is 5.80. The van der Waals surface area contributed by atoms with Crippen molar-refractivity contribution >= 4 is 11.0 Å². The van der Waals surface area contributed by atoms with Crippen molar-refractivity contribution < 1.29 is 20.1 Å². The lowest BCUT2D eigenvalue weighted by Crippen LogP contribution is -2.33. The molecule has 3 heterocycles. The number of aromatic amines is 1. The summed E-state index contributed by atoms with van der Waals surface area (Å²) in [6.45, 7) is -0.401. The number of fused-ring (bicyclic) bond motifs is 1. The Balaban J connectivity index is 2.06. The van der Waals surface area contributed by atoms with E-state index in [0.29, 0.717) is 11.0 Å². The van der Waals surface area contributed by atoms with E-state index in [1.54, 1.807) is 12.3 Å². The second kappa shape index (κ2) is 4.42. The molecule has 8 heteroatoms. The molecule has 0 aromatic carbocycles. The Labute approximate surface area is 106 Å². The average molecular weight is 267 g/mol. The molecule has 1 aliphatic heterocycles. The van der Waals surface area contributed by atoms with E-state index in [2.05, 4.69) is 9.97 Å². The highest BCUT2D eigenvalue weighted by molar-refractivity contribution is 5.74. The largest absolute Gasteiger partial charge is 0.394 e. The fraction of sp³-hybridized carbons (Fsp3) is 0.455. The molecular weight excluding hydrogens is 254 g/mol. The van der Waals surface area contributed by atoms with Crippen LogP contribution in [0.25, 0.3) is 11.0 Å². The summed E-state index contributed by atoms with van der Waals surface area (Å²) in [5.74, 6) is 0. The summed E-state index contributed by atoms with van der Waals surface area (Å²) in [7, 11) is 0. The normalized spacial score (nSPS) is 31.1. The number of aliphatic hydroxyl groups is 3. The van der Waals surface area contributed by atoms with Crippen molar-refractivity contribution in [3.63, 3.8) is 0 Å². The summed E-state index contributed by atoms with van der Waals surface area (Å²) in [5.41, 5.74) is 0.0501. The van der Waals surface area contributed by atoms with E-state index in [4.69, 9.17) is 9.84 Å². The monoisotopic (exact) mass is 267 g/mol. The number of H-pyrrole nitrogens is 1. The molecule has 8 nitrogen and oxygen atoms in total. The molecular formula is C11H13N3O5. The molecule has 1 aliphatic rings. The van der Waals surface area contributed by atoms with E-state index in [1.165, 1.54) is 10.9 Å². The van der Waals surface area contributed by atoms with Crippen molar-refractivity contribution in [1.29, 1.82) is 0 Å². The first-order chi connectivity index (χ1) is 9.13. The van der Waals surface area contributed by atoms with Gasteiger partial charge in [0, 0.05) is 6.20 Å². The third-order valence-corrected chi connectivity index (χ3v) is 3.31. The first-order valence-corrected chi connectivity index (χ1v) is 5.80. The lowest BCUT2D eigenvalue weighted by atomic mass is 10.1. The maximum Gasteiger partial charge on any atom is 0.260 e. The van der Waals surface area contributed by atoms with Crippen LogP contribution in [-0.4, -0.2) is 54.8 Å². The van der Waals surface area contributed by atoms with Gasteiger partial charge in [0.15, 0.2) is 6.23 Å². The molecule has 2 aromatic heterocycles. The summed E-state index contributed by atoms with van der Waals surface area (Å²) in [5, 5.41) is 29.1. The van der Waals surface area contributed by atoms with Gasteiger partial charge in [-0.15, -0.1) is 0 Å². The van der Waals surface area contributed by atoms with E-state index in [-0.39, 0.29) is 5.56 Å². The molecule has 0 amide bonds. The van der Waals surface area contributed by atoms with Crippen LogP contribution < -0.4 is 5.56 Å². The molecule has 1 saturated heterocycles. The van der Waals surface area contributed by atoms with Crippen molar-refractivity contribution in [3.8, 4) is 0 Å². The van der Waals surface area contributed by atoms with Gasteiger partial charge in [0.1, 0.15) is 24.0 Å². The van der Waals surface area contributed by atoms with Crippen LogP contribution in [0.5, 0.6) is 0 Å². The Bertz CT molecular complexity index is 651. The zero-order valence-electron chi connectivity index (χ0n) is 9.80. The van der Waals surface area contributed by atoms with Gasteiger partial charge in [-0.05, 0) is 6.07 Å². The van der Waals surface area contributed by atoms with Crippen LogP contribution in [0.15, 0.2) is 23.4 Å². The lowest BCUT2D eigenvalue weighted by molar-refractivity contribution is -0.0508. The summed E-state index contributed by atoms with van der Waals surface area (Å²) in [4.78, 5) is 18.0. The van der Waals surface area contributed by atoms with Gasteiger partial charge in [-0.3, -0.25) is 4.79 Å². The van der Waals surface area contributed by atoms with Crippen molar-refractivity contribution in [2.24, 2.45) is 0 Å². The van der Waals surface area contributed by atoms with Crippen LogP contribution in [-0.2, 0) is 4.74 Å². The van der Waals surface area contributed by atoms with Crippen LogP contribution >= 0.6 is 0 Å². The maximum absolute atomic E-state index is 11.6. The quantitative estimate of drug-likeness (QED) is 0.516. The summed E-state index contributed by atoms with van der Waals surface area (Å²) < 4.78 is 6.85. The van der Waals surface area contributed by atoms with Gasteiger partial charge in [-0.2, -0.15) is 0 Å². The average Bonchev–Trinajstić information content (AvgIpc) is 2.94. The van der Waals surface area contributed by atoms with E-state index in [9.17, 15) is 15.0 Å². The van der Waals surface area contributed by atoms with Crippen molar-refractivity contribution in [1.82, 2.24) is 14.5 Å². The van der Waals surface area contributed by atoms with Gasteiger partial charge in [0.2, 0.25) is 0 Å². The minimum absolute atomic E-state index is 0.296. The molecule has 0 spiro atoms. The summed E-state index contributed by atoms with van der Waals surface area (Å²) in [6.07, 6.45) is -1.34. The fourth-order valence-electron chi connectivity index (χ4n) is 2.30. The van der Waals surface area contributed by atoms with Crippen LogP contribution in [0.4, 0.5) is 0 Å². The molecule has 2 aromatic rings.